The number of unbranched alkanes of at least 4 members (excludes halogenated alkanes) is 4. The third-order valence-electron chi connectivity index (χ3n) is 9.99. The van der Waals surface area contributed by atoms with Crippen LogP contribution in [-0.4, -0.2) is 128 Å². The fourth-order valence-electron chi connectivity index (χ4n) is 6.93. The zero-order valence-corrected chi connectivity index (χ0v) is 32.3. The number of aliphatic hydroxyl groups excluding tert-OH is 5. The van der Waals surface area contributed by atoms with Gasteiger partial charge in [0.25, 0.3) is 5.91 Å². The number of rotatable bonds is 26. The lowest BCUT2D eigenvalue weighted by Gasteiger charge is -2.30. The van der Waals surface area contributed by atoms with E-state index >= 15 is 0 Å². The minimum Gasteiger partial charge on any atom is -0.394 e. The van der Waals surface area contributed by atoms with E-state index in [1.54, 1.807) is 0 Å². The zero-order valence-electron chi connectivity index (χ0n) is 31.5. The molecule has 0 unspecified atom stereocenters. The molecular weight excluding hydrogens is 716 g/mol. The quantitative estimate of drug-likeness (QED) is 0.0360. The van der Waals surface area contributed by atoms with Crippen molar-refractivity contribution in [2.45, 2.75) is 121 Å². The van der Waals surface area contributed by atoms with Crippen LogP contribution in [0.5, 0.6) is 0 Å². The van der Waals surface area contributed by atoms with Crippen molar-refractivity contribution in [2.24, 2.45) is 22.2 Å². The number of benzene rings is 1. The Morgan fingerprint density at radius 1 is 0.907 bits per heavy atom. The molecule has 0 aliphatic heterocycles. The number of aryl methyl sites for hydroxylation is 1. The normalized spacial score (nSPS) is 16.1. The van der Waals surface area contributed by atoms with Gasteiger partial charge in [-0.1, -0.05) is 49.9 Å². The van der Waals surface area contributed by atoms with Crippen molar-refractivity contribution < 1.29 is 35.1 Å². The standard InChI is InChI=1S/C38H61ClN8O7/c1-2-3-4-9-18-47(22-29(49)34(51)35(52)30(50)23-48)19-10-17-43-28(37(41)53)20-25-15-14-24(26-12-5-6-13-27(25)26)11-7-8-16-44-36(40)32-33(38(42)54)46-31(39)21-45-32/h14-15,21,28-30,34-35,43,48-52H,2-13,16-20,22-23H2,1H3,(H2,40,44)(H2,41,53)(H2,42,54)/t28-,29-,30+,34+,35+/m0/s1. The lowest BCUT2D eigenvalue weighted by Crippen LogP contribution is -2.50. The number of amidine groups is 1. The summed E-state index contributed by atoms with van der Waals surface area (Å²) >= 11 is 5.84. The maximum absolute atomic E-state index is 12.6. The minimum atomic E-state index is -1.67. The summed E-state index contributed by atoms with van der Waals surface area (Å²) in [6, 6.07) is 3.71. The molecule has 54 heavy (non-hydrogen) atoms. The van der Waals surface area contributed by atoms with Gasteiger partial charge in [-0.05, 0) is 106 Å². The summed E-state index contributed by atoms with van der Waals surface area (Å²) in [6.45, 7) is 3.67. The second-order valence-corrected chi connectivity index (χ2v) is 14.5. The summed E-state index contributed by atoms with van der Waals surface area (Å²) in [6.07, 6.45) is 6.94. The van der Waals surface area contributed by atoms with E-state index in [-0.39, 0.29) is 28.9 Å². The highest BCUT2D eigenvalue weighted by atomic mass is 35.5. The van der Waals surface area contributed by atoms with Crippen molar-refractivity contribution >= 4 is 29.3 Å². The number of halogens is 1. The number of aliphatic hydroxyl groups is 5. The van der Waals surface area contributed by atoms with Crippen molar-refractivity contribution in [1.82, 2.24) is 20.2 Å². The summed E-state index contributed by atoms with van der Waals surface area (Å²) in [7, 11) is 0. The van der Waals surface area contributed by atoms with Gasteiger partial charge in [-0.15, -0.1) is 0 Å². The minimum absolute atomic E-state index is 0.0387. The molecule has 0 spiro atoms. The van der Waals surface area contributed by atoms with Gasteiger partial charge in [-0.2, -0.15) is 0 Å². The number of aliphatic imine (C=N–C) groups is 1. The third kappa shape index (κ3) is 14.1. The van der Waals surface area contributed by atoms with Crippen LogP contribution in [0.25, 0.3) is 0 Å². The van der Waals surface area contributed by atoms with Gasteiger partial charge in [0, 0.05) is 13.1 Å². The number of carbonyl (C=O) groups is 2. The van der Waals surface area contributed by atoms with Gasteiger partial charge in [0.15, 0.2) is 5.69 Å². The SMILES string of the molecule is CCCCCCN(CCCN[C@@H](Cc1ccc(CCCCN=C(N)c2ncc(Cl)nc2C(N)=O)c2c1CCCC2)C(N)=O)C[C@H](O)[C@@H](O)[C@H](O)[C@H](O)CO. The Balaban J connectivity index is 1.57. The molecule has 1 aromatic heterocycles. The van der Waals surface area contributed by atoms with E-state index in [0.29, 0.717) is 39.0 Å². The van der Waals surface area contributed by atoms with Crippen LogP contribution in [0.2, 0.25) is 5.15 Å². The molecule has 302 valence electrons. The average Bonchev–Trinajstić information content (AvgIpc) is 3.16. The van der Waals surface area contributed by atoms with E-state index in [2.05, 4.69) is 39.3 Å². The van der Waals surface area contributed by atoms with Crippen molar-refractivity contribution in [2.75, 3.05) is 39.3 Å². The van der Waals surface area contributed by atoms with E-state index < -0.39 is 48.9 Å². The molecule has 1 aromatic carbocycles. The van der Waals surface area contributed by atoms with Crippen molar-refractivity contribution in [3.63, 3.8) is 0 Å². The molecule has 15 nitrogen and oxygen atoms in total. The number of nitrogens with one attached hydrogen (secondary N) is 1. The van der Waals surface area contributed by atoms with Crippen LogP contribution in [0.15, 0.2) is 23.3 Å². The van der Waals surface area contributed by atoms with Crippen LogP contribution in [0, 0.1) is 0 Å². The molecule has 0 fully saturated rings. The Labute approximate surface area is 323 Å². The first-order valence-electron chi connectivity index (χ1n) is 19.2. The lowest BCUT2D eigenvalue weighted by atomic mass is 9.82. The number of hydrogen-bond donors (Lipinski definition) is 9. The summed E-state index contributed by atoms with van der Waals surface area (Å²) in [4.78, 5) is 38.8. The van der Waals surface area contributed by atoms with E-state index in [1.807, 2.05) is 4.90 Å². The van der Waals surface area contributed by atoms with Crippen LogP contribution >= 0.6 is 11.6 Å². The van der Waals surface area contributed by atoms with Gasteiger partial charge < -0.3 is 53.0 Å². The Bertz CT molecular complexity index is 1520. The summed E-state index contributed by atoms with van der Waals surface area (Å²) in [5.41, 5.74) is 22.4. The molecular formula is C38H61ClN8O7. The fourth-order valence-corrected chi connectivity index (χ4v) is 7.07. The summed E-state index contributed by atoms with van der Waals surface area (Å²) in [5, 5.41) is 53.2. The van der Waals surface area contributed by atoms with E-state index in [1.165, 1.54) is 22.9 Å². The van der Waals surface area contributed by atoms with Gasteiger partial charge >= 0.3 is 0 Å². The van der Waals surface area contributed by atoms with Gasteiger partial charge in [0.1, 0.15) is 35.0 Å². The average molecular weight is 777 g/mol. The van der Waals surface area contributed by atoms with E-state index in [0.717, 1.165) is 76.2 Å². The van der Waals surface area contributed by atoms with Crippen LogP contribution < -0.4 is 22.5 Å². The Morgan fingerprint density at radius 3 is 2.24 bits per heavy atom. The molecule has 5 atom stereocenters. The highest BCUT2D eigenvalue weighted by Crippen LogP contribution is 2.30. The lowest BCUT2D eigenvalue weighted by molar-refractivity contribution is -0.120. The number of fused-ring (bicyclic) bond motifs is 1. The summed E-state index contributed by atoms with van der Waals surface area (Å²) < 4.78 is 0. The van der Waals surface area contributed by atoms with Gasteiger partial charge in [0.05, 0.1) is 24.9 Å². The maximum Gasteiger partial charge on any atom is 0.269 e. The monoisotopic (exact) mass is 776 g/mol. The van der Waals surface area contributed by atoms with E-state index in [9.17, 15) is 30.0 Å². The molecule has 0 bridgehead atoms. The molecule has 2 amide bonds. The fraction of sp³-hybridized carbons (Fsp3) is 0.658. The van der Waals surface area contributed by atoms with E-state index in [4.69, 9.17) is 33.9 Å². The Kier molecular flexibility index (Phi) is 19.7. The topological polar surface area (TPSA) is 267 Å². The Hall–Kier alpha value is -3.28. The van der Waals surface area contributed by atoms with Gasteiger partial charge in [-0.3, -0.25) is 14.6 Å². The Morgan fingerprint density at radius 2 is 1.57 bits per heavy atom. The number of nitrogens with two attached hydrogens (primary N) is 3. The highest BCUT2D eigenvalue weighted by molar-refractivity contribution is 6.29. The first kappa shape index (κ1) is 45.1. The van der Waals surface area contributed by atoms with Crippen molar-refractivity contribution in [3.05, 3.63) is 57.1 Å². The predicted molar refractivity (Wildman–Crippen MR) is 208 cm³/mol. The molecule has 1 aliphatic rings. The molecule has 16 heteroatoms. The predicted octanol–water partition coefficient (Wildman–Crippen LogP) is 0.530. The number of carbonyl (C=O) groups excluding carboxylic acids is 2. The molecule has 1 heterocycles. The van der Waals surface area contributed by atoms with Crippen molar-refractivity contribution in [3.8, 4) is 0 Å². The smallest absolute Gasteiger partial charge is 0.269 e. The van der Waals surface area contributed by atoms with Crippen LogP contribution in [0.1, 0.15) is 103 Å². The largest absolute Gasteiger partial charge is 0.394 e. The van der Waals surface area contributed by atoms with Crippen LogP contribution in [0.4, 0.5) is 0 Å². The molecule has 12 N–H and O–H groups in total. The second-order valence-electron chi connectivity index (χ2n) is 14.2. The second kappa shape index (κ2) is 23.6. The third-order valence-corrected chi connectivity index (χ3v) is 10.2. The molecule has 3 rings (SSSR count). The van der Waals surface area contributed by atoms with Crippen LogP contribution in [-0.2, 0) is 30.5 Å². The molecule has 2 aromatic rings. The number of aromatic nitrogens is 2. The number of hydrogen-bond acceptors (Lipinski definition) is 12. The first-order chi connectivity index (χ1) is 25.9. The number of primary amides is 2. The molecule has 0 saturated heterocycles. The zero-order chi connectivity index (χ0) is 39.6. The van der Waals surface area contributed by atoms with Crippen molar-refractivity contribution in [1.29, 1.82) is 0 Å². The molecule has 1 aliphatic carbocycles. The molecule has 0 saturated carbocycles. The van der Waals surface area contributed by atoms with Gasteiger partial charge in [-0.25, -0.2) is 9.97 Å². The molecule has 0 radical (unpaired) electrons. The van der Waals surface area contributed by atoms with Crippen LogP contribution in [0.3, 0.4) is 0 Å². The van der Waals surface area contributed by atoms with Gasteiger partial charge in [0.2, 0.25) is 5.91 Å². The number of amides is 2. The number of nitrogens with zero attached hydrogens (tertiary/aromatic N) is 4. The highest BCUT2D eigenvalue weighted by Gasteiger charge is 2.31. The maximum atomic E-state index is 12.6. The summed E-state index contributed by atoms with van der Waals surface area (Å²) in [5.74, 6) is -1.13. The first-order valence-corrected chi connectivity index (χ1v) is 19.6.